The van der Waals surface area contributed by atoms with E-state index in [-0.39, 0.29) is 16.6 Å². The zero-order valence-electron chi connectivity index (χ0n) is 16.8. The Hall–Kier alpha value is -3.29. The van der Waals surface area contributed by atoms with Crippen molar-refractivity contribution < 1.29 is 13.2 Å². The Morgan fingerprint density at radius 1 is 0.871 bits per heavy atom. The number of nitrogens with zero attached hydrogens (tertiary/aromatic N) is 1. The molecule has 7 heteroatoms. The van der Waals surface area contributed by atoms with E-state index >= 15 is 0 Å². The summed E-state index contributed by atoms with van der Waals surface area (Å²) in [6.07, 6.45) is 0. The number of aromatic nitrogens is 1. The van der Waals surface area contributed by atoms with Gasteiger partial charge in [0.15, 0.2) is 9.84 Å². The van der Waals surface area contributed by atoms with Crippen LogP contribution in [0.15, 0.2) is 89.8 Å². The standard InChI is InChI=1S/C24H20N2O3S2/c1-2-31(28,29)20-15-13-19(14-16-20)25-23(27)22-21(17-9-5-3-6-10-17)26-24(30-22)18-11-7-4-8-12-18/h3-16H,2H2,1H3,(H,25,27). The predicted molar refractivity (Wildman–Crippen MR) is 125 cm³/mol. The lowest BCUT2D eigenvalue weighted by atomic mass is 10.1. The maximum atomic E-state index is 13.1. The number of amides is 1. The van der Waals surface area contributed by atoms with Gasteiger partial charge in [-0.3, -0.25) is 4.79 Å². The normalized spacial score (nSPS) is 11.3. The number of rotatable bonds is 6. The molecule has 5 nitrogen and oxygen atoms in total. The second-order valence-corrected chi connectivity index (χ2v) is 10.1. The highest BCUT2D eigenvalue weighted by molar-refractivity contribution is 7.91. The number of hydrogen-bond acceptors (Lipinski definition) is 5. The molecule has 4 aromatic rings. The first kappa shape index (κ1) is 21.0. The molecule has 0 aliphatic heterocycles. The van der Waals surface area contributed by atoms with E-state index in [1.54, 1.807) is 19.1 Å². The van der Waals surface area contributed by atoms with Gasteiger partial charge in [0.2, 0.25) is 0 Å². The summed E-state index contributed by atoms with van der Waals surface area (Å²) >= 11 is 1.33. The van der Waals surface area contributed by atoms with Crippen LogP contribution in [-0.2, 0) is 9.84 Å². The Morgan fingerprint density at radius 2 is 1.45 bits per heavy atom. The molecular formula is C24H20N2O3S2. The fraction of sp³-hybridized carbons (Fsp3) is 0.0833. The highest BCUT2D eigenvalue weighted by Crippen LogP contribution is 2.34. The number of benzene rings is 3. The van der Waals surface area contributed by atoms with Crippen molar-refractivity contribution in [3.63, 3.8) is 0 Å². The lowest BCUT2D eigenvalue weighted by Crippen LogP contribution is -2.12. The Labute approximate surface area is 185 Å². The molecule has 1 amide bonds. The summed E-state index contributed by atoms with van der Waals surface area (Å²) in [6, 6.07) is 25.5. The van der Waals surface area contributed by atoms with Crippen molar-refractivity contribution in [2.45, 2.75) is 11.8 Å². The number of carbonyl (C=O) groups is 1. The summed E-state index contributed by atoms with van der Waals surface area (Å²) in [5.74, 6) is -0.257. The Kier molecular flexibility index (Phi) is 5.97. The molecule has 0 saturated carbocycles. The molecule has 0 unspecified atom stereocenters. The second kappa shape index (κ2) is 8.83. The highest BCUT2D eigenvalue weighted by atomic mass is 32.2. The second-order valence-electron chi connectivity index (χ2n) is 6.81. The summed E-state index contributed by atoms with van der Waals surface area (Å²) in [6.45, 7) is 1.60. The van der Waals surface area contributed by atoms with Crippen LogP contribution in [0.1, 0.15) is 16.6 Å². The van der Waals surface area contributed by atoms with Gasteiger partial charge < -0.3 is 5.32 Å². The third-order valence-electron chi connectivity index (χ3n) is 4.75. The van der Waals surface area contributed by atoms with Crippen molar-refractivity contribution in [3.05, 3.63) is 89.8 Å². The number of hydrogen-bond donors (Lipinski definition) is 1. The molecule has 0 radical (unpaired) electrons. The van der Waals surface area contributed by atoms with Gasteiger partial charge in [-0.2, -0.15) is 0 Å². The summed E-state index contributed by atoms with van der Waals surface area (Å²) < 4.78 is 24.0. The monoisotopic (exact) mass is 448 g/mol. The van der Waals surface area contributed by atoms with Crippen LogP contribution in [0.25, 0.3) is 21.8 Å². The number of anilines is 1. The van der Waals surface area contributed by atoms with Crippen molar-refractivity contribution in [3.8, 4) is 21.8 Å². The van der Waals surface area contributed by atoms with Crippen LogP contribution in [0, 0.1) is 0 Å². The van der Waals surface area contributed by atoms with Crippen molar-refractivity contribution in [2.75, 3.05) is 11.1 Å². The predicted octanol–water partition coefficient (Wildman–Crippen LogP) is 5.52. The van der Waals surface area contributed by atoms with Crippen LogP contribution < -0.4 is 5.32 Å². The van der Waals surface area contributed by atoms with Crippen LogP contribution in [0.2, 0.25) is 0 Å². The molecule has 0 fully saturated rings. The lowest BCUT2D eigenvalue weighted by Gasteiger charge is -2.07. The van der Waals surface area contributed by atoms with Gasteiger partial charge in [-0.15, -0.1) is 11.3 Å². The summed E-state index contributed by atoms with van der Waals surface area (Å²) in [5.41, 5.74) is 2.94. The van der Waals surface area contributed by atoms with Crippen LogP contribution >= 0.6 is 11.3 Å². The van der Waals surface area contributed by atoms with Crippen molar-refractivity contribution in [1.82, 2.24) is 4.98 Å². The fourth-order valence-corrected chi connectivity index (χ4v) is 4.94. The molecule has 31 heavy (non-hydrogen) atoms. The Morgan fingerprint density at radius 3 is 2.03 bits per heavy atom. The molecule has 1 aromatic heterocycles. The van der Waals surface area contributed by atoms with E-state index in [2.05, 4.69) is 5.32 Å². The maximum absolute atomic E-state index is 13.1. The third kappa shape index (κ3) is 4.57. The first-order valence-corrected chi connectivity index (χ1v) is 12.2. The maximum Gasteiger partial charge on any atom is 0.268 e. The first-order valence-electron chi connectivity index (χ1n) is 9.74. The van der Waals surface area contributed by atoms with Gasteiger partial charge in [0.1, 0.15) is 9.88 Å². The SMILES string of the molecule is CCS(=O)(=O)c1ccc(NC(=O)c2sc(-c3ccccc3)nc2-c2ccccc2)cc1. The number of carbonyl (C=O) groups excluding carboxylic acids is 1. The van der Waals surface area contributed by atoms with Gasteiger partial charge in [-0.25, -0.2) is 13.4 Å². The molecular weight excluding hydrogens is 428 g/mol. The molecule has 0 atom stereocenters. The van der Waals surface area contributed by atoms with E-state index in [1.165, 1.54) is 23.5 Å². The van der Waals surface area contributed by atoms with E-state index in [4.69, 9.17) is 4.98 Å². The van der Waals surface area contributed by atoms with Gasteiger partial charge in [0, 0.05) is 16.8 Å². The van der Waals surface area contributed by atoms with E-state index in [9.17, 15) is 13.2 Å². The van der Waals surface area contributed by atoms with Crippen molar-refractivity contribution >= 4 is 32.8 Å². The quantitative estimate of drug-likeness (QED) is 0.421. The Balaban J connectivity index is 1.68. The van der Waals surface area contributed by atoms with Gasteiger partial charge in [0.05, 0.1) is 16.3 Å². The van der Waals surface area contributed by atoms with Crippen LogP contribution in [0.4, 0.5) is 5.69 Å². The van der Waals surface area contributed by atoms with Gasteiger partial charge >= 0.3 is 0 Å². The van der Waals surface area contributed by atoms with Crippen LogP contribution in [0.5, 0.6) is 0 Å². The van der Waals surface area contributed by atoms with E-state index in [0.717, 1.165) is 16.1 Å². The lowest BCUT2D eigenvalue weighted by molar-refractivity contribution is 0.103. The highest BCUT2D eigenvalue weighted by Gasteiger charge is 2.21. The first-order chi connectivity index (χ1) is 15.0. The largest absolute Gasteiger partial charge is 0.321 e. The van der Waals surface area contributed by atoms with Gasteiger partial charge in [-0.05, 0) is 24.3 Å². The van der Waals surface area contributed by atoms with E-state index in [0.29, 0.717) is 16.3 Å². The summed E-state index contributed by atoms with van der Waals surface area (Å²) in [5, 5.41) is 3.62. The smallest absolute Gasteiger partial charge is 0.268 e. The zero-order chi connectivity index (χ0) is 21.8. The summed E-state index contributed by atoms with van der Waals surface area (Å²) in [7, 11) is -3.29. The molecule has 0 aliphatic carbocycles. The molecule has 0 saturated heterocycles. The fourth-order valence-electron chi connectivity index (χ4n) is 3.07. The number of thiazole rings is 1. The zero-order valence-corrected chi connectivity index (χ0v) is 18.4. The third-order valence-corrected chi connectivity index (χ3v) is 7.61. The van der Waals surface area contributed by atoms with Crippen LogP contribution in [-0.4, -0.2) is 25.1 Å². The minimum Gasteiger partial charge on any atom is -0.321 e. The summed E-state index contributed by atoms with van der Waals surface area (Å²) in [4.78, 5) is 18.6. The molecule has 4 rings (SSSR count). The molecule has 0 bridgehead atoms. The van der Waals surface area contributed by atoms with E-state index < -0.39 is 9.84 Å². The Bertz CT molecular complexity index is 1300. The van der Waals surface area contributed by atoms with E-state index in [1.807, 2.05) is 60.7 Å². The minimum absolute atomic E-state index is 0.0300. The molecule has 3 aromatic carbocycles. The van der Waals surface area contributed by atoms with Crippen LogP contribution in [0.3, 0.4) is 0 Å². The number of sulfone groups is 1. The minimum atomic E-state index is -3.29. The molecule has 1 N–H and O–H groups in total. The topological polar surface area (TPSA) is 76.1 Å². The van der Waals surface area contributed by atoms with Gasteiger partial charge in [-0.1, -0.05) is 67.6 Å². The molecule has 1 heterocycles. The van der Waals surface area contributed by atoms with Crippen molar-refractivity contribution in [2.24, 2.45) is 0 Å². The van der Waals surface area contributed by atoms with Crippen molar-refractivity contribution in [1.29, 1.82) is 0 Å². The molecule has 0 aliphatic rings. The van der Waals surface area contributed by atoms with Gasteiger partial charge in [0.25, 0.3) is 5.91 Å². The number of nitrogens with one attached hydrogen (secondary N) is 1. The average molecular weight is 449 g/mol. The average Bonchev–Trinajstić information content (AvgIpc) is 3.26. The molecule has 0 spiro atoms. The molecule has 156 valence electrons.